The molecule has 2 aliphatic heterocycles. The topological polar surface area (TPSA) is 64.1 Å². The van der Waals surface area contributed by atoms with Gasteiger partial charge in [0.1, 0.15) is 17.3 Å². The van der Waals surface area contributed by atoms with Crippen molar-refractivity contribution in [3.05, 3.63) is 58.4 Å². The summed E-state index contributed by atoms with van der Waals surface area (Å²) in [5, 5.41) is 6.61. The molecule has 0 fully saturated rings. The van der Waals surface area contributed by atoms with Crippen LogP contribution >= 0.6 is 0 Å². The summed E-state index contributed by atoms with van der Waals surface area (Å²) < 4.78 is 30.2. The highest BCUT2D eigenvalue weighted by Crippen LogP contribution is 2.29. The quantitative estimate of drug-likeness (QED) is 0.578. The third-order valence-electron chi connectivity index (χ3n) is 5.12. The lowest BCUT2D eigenvalue weighted by Gasteiger charge is -2.21. The SMILES string of the molecule is CN=C(NCCc1ccc2c(c1)CCO2)NCCc1cc(F)cc2c1OCOC2. The minimum atomic E-state index is -0.268. The van der Waals surface area contributed by atoms with Gasteiger partial charge in [0.05, 0.1) is 13.2 Å². The van der Waals surface area contributed by atoms with Crippen LogP contribution in [0.1, 0.15) is 22.3 Å². The van der Waals surface area contributed by atoms with E-state index in [0.717, 1.165) is 54.6 Å². The van der Waals surface area contributed by atoms with Crippen molar-refractivity contribution < 1.29 is 18.6 Å². The molecule has 0 saturated heterocycles. The number of rotatable bonds is 6. The van der Waals surface area contributed by atoms with Crippen LogP contribution in [-0.2, 0) is 30.6 Å². The third kappa shape index (κ3) is 4.79. The minimum absolute atomic E-state index is 0.205. The predicted octanol–water partition coefficient (Wildman–Crippen LogP) is 2.58. The Labute approximate surface area is 170 Å². The second kappa shape index (κ2) is 9.13. The number of fused-ring (bicyclic) bond motifs is 2. The Morgan fingerprint density at radius 1 is 1.07 bits per heavy atom. The Balaban J connectivity index is 1.25. The minimum Gasteiger partial charge on any atom is -0.493 e. The molecule has 29 heavy (non-hydrogen) atoms. The van der Waals surface area contributed by atoms with Gasteiger partial charge in [-0.2, -0.15) is 0 Å². The van der Waals surface area contributed by atoms with Crippen molar-refractivity contribution in [1.82, 2.24) is 10.6 Å². The molecule has 0 spiro atoms. The summed E-state index contributed by atoms with van der Waals surface area (Å²) in [6, 6.07) is 9.38. The normalized spacial score (nSPS) is 15.2. The molecule has 154 valence electrons. The van der Waals surface area contributed by atoms with Crippen LogP contribution < -0.4 is 20.1 Å². The van der Waals surface area contributed by atoms with E-state index in [4.69, 9.17) is 14.2 Å². The van der Waals surface area contributed by atoms with Crippen LogP contribution in [0, 0.1) is 5.82 Å². The summed E-state index contributed by atoms with van der Waals surface area (Å²) in [5.74, 6) is 2.20. The molecule has 4 rings (SSSR count). The molecule has 2 aliphatic rings. The molecule has 2 aromatic carbocycles. The molecule has 0 radical (unpaired) electrons. The van der Waals surface area contributed by atoms with Gasteiger partial charge in [-0.1, -0.05) is 12.1 Å². The third-order valence-corrected chi connectivity index (χ3v) is 5.12. The molecule has 7 heteroatoms. The monoisotopic (exact) mass is 399 g/mol. The van der Waals surface area contributed by atoms with E-state index in [2.05, 4.69) is 33.8 Å². The van der Waals surface area contributed by atoms with Crippen LogP contribution in [0.2, 0.25) is 0 Å². The van der Waals surface area contributed by atoms with E-state index in [1.165, 1.54) is 23.3 Å². The van der Waals surface area contributed by atoms with Gasteiger partial charge in [-0.05, 0) is 47.7 Å². The van der Waals surface area contributed by atoms with E-state index in [1.807, 2.05) is 0 Å². The highest BCUT2D eigenvalue weighted by atomic mass is 19.1. The lowest BCUT2D eigenvalue weighted by molar-refractivity contribution is -0.0172. The van der Waals surface area contributed by atoms with E-state index in [0.29, 0.717) is 19.6 Å². The first-order chi connectivity index (χ1) is 14.2. The van der Waals surface area contributed by atoms with E-state index < -0.39 is 0 Å². The smallest absolute Gasteiger partial charge is 0.190 e. The molecule has 0 bridgehead atoms. The molecular weight excluding hydrogens is 373 g/mol. The van der Waals surface area contributed by atoms with Crippen molar-refractivity contribution in [3.63, 3.8) is 0 Å². The summed E-state index contributed by atoms with van der Waals surface area (Å²) >= 11 is 0. The van der Waals surface area contributed by atoms with Gasteiger partial charge in [0, 0.05) is 32.1 Å². The number of benzene rings is 2. The number of guanidine groups is 1. The number of hydrogen-bond acceptors (Lipinski definition) is 4. The molecule has 0 aliphatic carbocycles. The molecule has 0 saturated carbocycles. The zero-order valence-corrected chi connectivity index (χ0v) is 16.6. The average molecular weight is 399 g/mol. The Hall–Kier alpha value is -2.80. The van der Waals surface area contributed by atoms with Crippen LogP contribution in [0.4, 0.5) is 4.39 Å². The van der Waals surface area contributed by atoms with Crippen LogP contribution in [0.5, 0.6) is 11.5 Å². The van der Waals surface area contributed by atoms with Gasteiger partial charge in [0.2, 0.25) is 0 Å². The molecule has 6 nitrogen and oxygen atoms in total. The number of nitrogens with zero attached hydrogens (tertiary/aromatic N) is 1. The standard InChI is InChI=1S/C22H26FN3O3/c1-24-22(25-7-4-15-2-3-20-16(10-15)6-9-28-20)26-8-5-17-11-19(23)12-18-13-27-14-29-21(17)18/h2-3,10-12H,4-9,13-14H2,1H3,(H2,24,25,26). The highest BCUT2D eigenvalue weighted by Gasteiger charge is 2.17. The molecule has 0 amide bonds. The second-order valence-corrected chi connectivity index (χ2v) is 7.13. The van der Waals surface area contributed by atoms with Crippen molar-refractivity contribution in [2.24, 2.45) is 4.99 Å². The Kier molecular flexibility index (Phi) is 6.14. The van der Waals surface area contributed by atoms with Crippen molar-refractivity contribution in [1.29, 1.82) is 0 Å². The lowest BCUT2D eigenvalue weighted by Crippen LogP contribution is -2.39. The van der Waals surface area contributed by atoms with Gasteiger partial charge in [-0.15, -0.1) is 0 Å². The summed E-state index contributed by atoms with van der Waals surface area (Å²) in [4.78, 5) is 4.26. The van der Waals surface area contributed by atoms with Gasteiger partial charge in [-0.25, -0.2) is 4.39 Å². The van der Waals surface area contributed by atoms with Crippen LogP contribution in [0.15, 0.2) is 35.3 Å². The highest BCUT2D eigenvalue weighted by molar-refractivity contribution is 5.79. The maximum atomic E-state index is 13.8. The molecule has 0 aromatic heterocycles. The van der Waals surface area contributed by atoms with Gasteiger partial charge < -0.3 is 24.8 Å². The Morgan fingerprint density at radius 3 is 2.79 bits per heavy atom. The molecule has 0 unspecified atom stereocenters. The number of aliphatic imine (C=N–C) groups is 1. The molecule has 2 aromatic rings. The first-order valence-electron chi connectivity index (χ1n) is 9.94. The molecule has 0 atom stereocenters. The van der Waals surface area contributed by atoms with Gasteiger partial charge in [0.15, 0.2) is 12.8 Å². The molecule has 2 heterocycles. The summed E-state index contributed by atoms with van der Waals surface area (Å²) in [6.07, 6.45) is 2.52. The fourth-order valence-electron chi connectivity index (χ4n) is 3.70. The van der Waals surface area contributed by atoms with Gasteiger partial charge in [0.25, 0.3) is 0 Å². The van der Waals surface area contributed by atoms with Crippen molar-refractivity contribution in [2.45, 2.75) is 25.9 Å². The lowest BCUT2D eigenvalue weighted by atomic mass is 10.1. The fourth-order valence-corrected chi connectivity index (χ4v) is 3.70. The van der Waals surface area contributed by atoms with E-state index in [1.54, 1.807) is 7.05 Å². The summed E-state index contributed by atoms with van der Waals surface area (Å²) in [6.45, 7) is 2.76. The number of ether oxygens (including phenoxy) is 3. The number of hydrogen-bond donors (Lipinski definition) is 2. The largest absolute Gasteiger partial charge is 0.493 e. The fraction of sp³-hybridized carbons (Fsp3) is 0.409. The van der Waals surface area contributed by atoms with Crippen molar-refractivity contribution >= 4 is 5.96 Å². The first-order valence-corrected chi connectivity index (χ1v) is 9.94. The maximum absolute atomic E-state index is 13.8. The maximum Gasteiger partial charge on any atom is 0.190 e. The van der Waals surface area contributed by atoms with E-state index in [9.17, 15) is 4.39 Å². The first kappa shape index (κ1) is 19.5. The van der Waals surface area contributed by atoms with Gasteiger partial charge >= 0.3 is 0 Å². The van der Waals surface area contributed by atoms with Crippen molar-refractivity contribution in [3.8, 4) is 11.5 Å². The van der Waals surface area contributed by atoms with Crippen LogP contribution in [0.3, 0.4) is 0 Å². The second-order valence-electron chi connectivity index (χ2n) is 7.13. The number of nitrogens with one attached hydrogen (secondary N) is 2. The Morgan fingerprint density at radius 2 is 1.93 bits per heavy atom. The zero-order chi connectivity index (χ0) is 20.1. The predicted molar refractivity (Wildman–Crippen MR) is 109 cm³/mol. The average Bonchev–Trinajstić information content (AvgIpc) is 3.20. The van der Waals surface area contributed by atoms with E-state index >= 15 is 0 Å². The molecular formula is C22H26FN3O3. The van der Waals surface area contributed by atoms with Crippen LogP contribution in [-0.4, -0.2) is 39.5 Å². The summed E-state index contributed by atoms with van der Waals surface area (Å²) in [7, 11) is 1.74. The Bertz CT molecular complexity index is 901. The number of halogens is 1. The summed E-state index contributed by atoms with van der Waals surface area (Å²) in [5.41, 5.74) is 4.17. The zero-order valence-electron chi connectivity index (χ0n) is 16.6. The van der Waals surface area contributed by atoms with E-state index in [-0.39, 0.29) is 12.6 Å². The van der Waals surface area contributed by atoms with Gasteiger partial charge in [-0.3, -0.25) is 4.99 Å². The molecule has 2 N–H and O–H groups in total. The van der Waals surface area contributed by atoms with Crippen LogP contribution in [0.25, 0.3) is 0 Å². The van der Waals surface area contributed by atoms with Crippen molar-refractivity contribution in [2.75, 3.05) is 33.5 Å².